The molecule has 3 heterocycles. The van der Waals surface area contributed by atoms with Crippen LogP contribution >= 0.6 is 11.8 Å². The third kappa shape index (κ3) is 3.37. The lowest BCUT2D eigenvalue weighted by Crippen LogP contribution is -2.31. The molecule has 11 heteroatoms. The van der Waals surface area contributed by atoms with Gasteiger partial charge in [-0.15, -0.1) is 5.10 Å². The Kier molecular flexibility index (Phi) is 5.17. The lowest BCUT2D eigenvalue weighted by atomic mass is 10.1. The molecule has 0 atom stereocenters. The maximum absolute atomic E-state index is 13.3. The van der Waals surface area contributed by atoms with Crippen LogP contribution in [-0.2, 0) is 7.05 Å². The highest BCUT2D eigenvalue weighted by molar-refractivity contribution is 7.99. The maximum Gasteiger partial charge on any atom is 0.297 e. The first kappa shape index (κ1) is 20.9. The lowest BCUT2D eigenvalue weighted by Gasteiger charge is -2.12. The number of hydrogen-bond donors (Lipinski definition) is 0. The minimum Gasteiger partial charge on any atom is -0.283 e. The minimum absolute atomic E-state index is 0.200. The number of tetrazole rings is 1. The van der Waals surface area contributed by atoms with Crippen molar-refractivity contribution in [2.45, 2.75) is 12.1 Å². The Hall–Kier alpha value is -3.99. The highest BCUT2D eigenvalue weighted by Crippen LogP contribution is 2.24. The summed E-state index contributed by atoms with van der Waals surface area (Å²) in [7, 11) is 1.80. The van der Waals surface area contributed by atoms with Crippen LogP contribution in [0, 0.1) is 6.92 Å². The Morgan fingerprint density at radius 3 is 2.21 bits per heavy atom. The quantitative estimate of drug-likeness (QED) is 0.318. The van der Waals surface area contributed by atoms with Crippen molar-refractivity contribution in [2.75, 3.05) is 12.3 Å². The first-order chi connectivity index (χ1) is 16.0. The second-order valence-electron chi connectivity index (χ2n) is 7.44. The maximum atomic E-state index is 13.3. The average Bonchev–Trinajstić information content (AvgIpc) is 3.45. The van der Waals surface area contributed by atoms with E-state index in [0.717, 1.165) is 5.69 Å². The number of fused-ring (bicyclic) bond motifs is 1. The molecule has 0 fully saturated rings. The van der Waals surface area contributed by atoms with Crippen LogP contribution in [-0.4, -0.2) is 58.6 Å². The highest BCUT2D eigenvalue weighted by Gasteiger charge is 2.34. The minimum atomic E-state index is -0.305. The number of imide groups is 1. The smallest absolute Gasteiger partial charge is 0.283 e. The summed E-state index contributed by atoms with van der Waals surface area (Å²) in [4.78, 5) is 39.6. The second-order valence-corrected chi connectivity index (χ2v) is 8.50. The van der Waals surface area contributed by atoms with E-state index in [1.54, 1.807) is 40.7 Å². The van der Waals surface area contributed by atoms with Gasteiger partial charge in [0.2, 0.25) is 5.16 Å². The van der Waals surface area contributed by atoms with Crippen molar-refractivity contribution in [1.82, 2.24) is 34.5 Å². The van der Waals surface area contributed by atoms with Crippen molar-refractivity contribution in [3.63, 3.8) is 0 Å². The van der Waals surface area contributed by atoms with Crippen LogP contribution in [0.1, 0.15) is 26.4 Å². The summed E-state index contributed by atoms with van der Waals surface area (Å²) in [5.41, 5.74) is 2.34. The van der Waals surface area contributed by atoms with Crippen LogP contribution in [0.25, 0.3) is 11.4 Å². The van der Waals surface area contributed by atoms with E-state index in [1.807, 2.05) is 37.3 Å². The molecule has 1 aliphatic rings. The fraction of sp³-hybridized carbons (Fsp3) is 0.182. The molecule has 0 bridgehead atoms. The monoisotopic (exact) mass is 461 g/mol. The number of para-hydroxylation sites is 1. The molecule has 0 unspecified atom stereocenters. The van der Waals surface area contributed by atoms with Crippen LogP contribution in [0.3, 0.4) is 0 Å². The van der Waals surface area contributed by atoms with Crippen molar-refractivity contribution in [1.29, 1.82) is 0 Å². The van der Waals surface area contributed by atoms with E-state index < -0.39 is 0 Å². The number of carbonyl (C=O) groups is 2. The molecule has 0 saturated carbocycles. The van der Waals surface area contributed by atoms with Crippen molar-refractivity contribution in [3.8, 4) is 11.4 Å². The second kappa shape index (κ2) is 8.17. The van der Waals surface area contributed by atoms with Gasteiger partial charge in [0.05, 0.1) is 22.5 Å². The number of hydrogen-bond acceptors (Lipinski definition) is 7. The van der Waals surface area contributed by atoms with E-state index >= 15 is 0 Å². The number of benzene rings is 2. The molecule has 4 aromatic rings. The zero-order chi connectivity index (χ0) is 23.1. The number of thioether (sulfide) groups is 1. The van der Waals surface area contributed by atoms with E-state index in [-0.39, 0.29) is 23.9 Å². The molecule has 10 nitrogen and oxygen atoms in total. The fourth-order valence-corrected chi connectivity index (χ4v) is 4.68. The largest absolute Gasteiger partial charge is 0.297 e. The van der Waals surface area contributed by atoms with Crippen LogP contribution in [0.4, 0.5) is 0 Å². The number of aromatic nitrogens is 6. The van der Waals surface area contributed by atoms with Gasteiger partial charge < -0.3 is 0 Å². The van der Waals surface area contributed by atoms with E-state index in [4.69, 9.17) is 0 Å². The van der Waals surface area contributed by atoms with Gasteiger partial charge in [0.1, 0.15) is 0 Å². The molecule has 0 spiro atoms. The molecular formula is C22H19N7O3S. The first-order valence-electron chi connectivity index (χ1n) is 10.2. The molecule has 5 rings (SSSR count). The SMILES string of the molecule is Cc1c(-n2nnnc2SCCN2C(=O)c3ccccc3C2=O)c(=O)n(-c2ccccc2)n1C. The van der Waals surface area contributed by atoms with Crippen molar-refractivity contribution >= 4 is 23.6 Å². The molecule has 1 aliphatic heterocycles. The molecule has 2 aromatic carbocycles. The number of nitrogens with zero attached hydrogens (tertiary/aromatic N) is 7. The van der Waals surface area contributed by atoms with Crippen molar-refractivity contribution < 1.29 is 9.59 Å². The van der Waals surface area contributed by atoms with Gasteiger partial charge in [0, 0.05) is 19.3 Å². The Balaban J connectivity index is 1.38. The van der Waals surface area contributed by atoms with E-state index in [9.17, 15) is 14.4 Å². The van der Waals surface area contributed by atoms with Gasteiger partial charge in [-0.3, -0.25) is 24.0 Å². The summed E-state index contributed by atoms with van der Waals surface area (Å²) in [5, 5.41) is 12.2. The number of carbonyl (C=O) groups excluding carboxylic acids is 2. The normalized spacial score (nSPS) is 13.1. The standard InChI is InChI=1S/C22H19N7O3S/c1-14-18(21(32)29(26(14)2)15-8-4-3-5-9-15)28-22(23-24-25-28)33-13-12-27-19(30)16-10-6-7-11-17(16)20(27)31/h3-11H,12-13H2,1-2H3. The molecule has 33 heavy (non-hydrogen) atoms. The Bertz CT molecular complexity index is 1400. The zero-order valence-electron chi connectivity index (χ0n) is 17.9. The topological polar surface area (TPSA) is 108 Å². The Labute approximate surface area is 192 Å². The van der Waals surface area contributed by atoms with Gasteiger partial charge in [-0.05, 0) is 41.6 Å². The van der Waals surface area contributed by atoms with Crippen LogP contribution < -0.4 is 5.56 Å². The van der Waals surface area contributed by atoms with E-state index in [1.165, 1.54) is 21.3 Å². The summed E-state index contributed by atoms with van der Waals surface area (Å²) < 4.78 is 4.71. The van der Waals surface area contributed by atoms with E-state index in [2.05, 4.69) is 15.5 Å². The number of amides is 2. The summed E-state index contributed by atoms with van der Waals surface area (Å²) in [6, 6.07) is 16.1. The molecule has 2 aromatic heterocycles. The van der Waals surface area contributed by atoms with Crippen LogP contribution in [0.15, 0.2) is 64.5 Å². The summed E-state index contributed by atoms with van der Waals surface area (Å²) in [6.07, 6.45) is 0. The molecule has 2 amide bonds. The third-order valence-electron chi connectivity index (χ3n) is 5.60. The fourth-order valence-electron chi connectivity index (χ4n) is 3.88. The number of rotatable bonds is 6. The van der Waals surface area contributed by atoms with Gasteiger partial charge in [0.25, 0.3) is 17.4 Å². The molecule has 166 valence electrons. The molecule has 0 saturated heterocycles. The van der Waals surface area contributed by atoms with Gasteiger partial charge >= 0.3 is 0 Å². The Morgan fingerprint density at radius 2 is 1.55 bits per heavy atom. The predicted octanol–water partition coefficient (Wildman–Crippen LogP) is 1.85. The summed E-state index contributed by atoms with van der Waals surface area (Å²) >= 11 is 1.27. The molecule has 0 N–H and O–H groups in total. The van der Waals surface area contributed by atoms with Crippen molar-refractivity contribution in [2.24, 2.45) is 7.05 Å². The summed E-state index contributed by atoms with van der Waals surface area (Å²) in [6.45, 7) is 2.02. The van der Waals surface area contributed by atoms with Gasteiger partial charge in [-0.1, -0.05) is 42.1 Å². The van der Waals surface area contributed by atoms with Gasteiger partial charge in [0.15, 0.2) is 5.69 Å². The molecule has 0 aliphatic carbocycles. The van der Waals surface area contributed by atoms with Crippen LogP contribution in [0.2, 0.25) is 0 Å². The Morgan fingerprint density at radius 1 is 0.909 bits per heavy atom. The van der Waals surface area contributed by atoms with E-state index in [0.29, 0.717) is 33.4 Å². The first-order valence-corrected chi connectivity index (χ1v) is 11.2. The van der Waals surface area contributed by atoms with Crippen LogP contribution in [0.5, 0.6) is 0 Å². The predicted molar refractivity (Wildman–Crippen MR) is 121 cm³/mol. The average molecular weight is 462 g/mol. The lowest BCUT2D eigenvalue weighted by molar-refractivity contribution is 0.0664. The van der Waals surface area contributed by atoms with Crippen molar-refractivity contribution in [3.05, 3.63) is 81.8 Å². The van der Waals surface area contributed by atoms with Gasteiger partial charge in [-0.2, -0.15) is 4.68 Å². The van der Waals surface area contributed by atoms with Gasteiger partial charge in [-0.25, -0.2) is 4.68 Å². The third-order valence-corrected chi connectivity index (χ3v) is 6.50. The molecule has 0 radical (unpaired) electrons. The molecular weight excluding hydrogens is 442 g/mol. The summed E-state index contributed by atoms with van der Waals surface area (Å²) in [5.74, 6) is -0.231. The highest BCUT2D eigenvalue weighted by atomic mass is 32.2. The zero-order valence-corrected chi connectivity index (χ0v) is 18.7.